The van der Waals surface area contributed by atoms with E-state index < -0.39 is 0 Å². The number of anilines is 1. The Hall–Kier alpha value is -2.11. The van der Waals surface area contributed by atoms with Gasteiger partial charge in [-0.15, -0.1) is 0 Å². The molecule has 0 fully saturated rings. The quantitative estimate of drug-likeness (QED) is 0.580. The van der Waals surface area contributed by atoms with Crippen LogP contribution in [0.15, 0.2) is 48.5 Å². The topological polar surface area (TPSA) is 50.4 Å². The van der Waals surface area contributed by atoms with E-state index in [0.717, 1.165) is 12.8 Å². The molecule has 4 nitrogen and oxygen atoms in total. The van der Waals surface area contributed by atoms with Gasteiger partial charge in [0.25, 0.3) is 5.91 Å². The smallest absolute Gasteiger partial charge is 0.258 e. The van der Waals surface area contributed by atoms with Gasteiger partial charge in [-0.25, -0.2) is 0 Å². The van der Waals surface area contributed by atoms with Crippen molar-refractivity contribution in [1.82, 2.24) is 5.32 Å². The molecule has 0 radical (unpaired) electrons. The molecule has 0 aliphatic rings. The lowest BCUT2D eigenvalue weighted by atomic mass is 10.2. The van der Waals surface area contributed by atoms with Crippen molar-refractivity contribution in [1.29, 1.82) is 0 Å². The van der Waals surface area contributed by atoms with Gasteiger partial charge in [-0.05, 0) is 42.9 Å². The Bertz CT molecular complexity index is 722. The first-order chi connectivity index (χ1) is 11.6. The number of carbonyl (C=O) groups excluding carboxylic acids is 1. The fourth-order valence-corrected chi connectivity index (χ4v) is 2.42. The standard InChI is InChI=1S/C18H19ClN2O2S/c1-2-3-12-23-16-11-7-6-10-15(16)20-18(24)21-17(22)13-8-4-5-9-14(13)19/h4-11H,2-3,12H2,1H3,(H2,20,21,22,24). The number of nitrogens with one attached hydrogen (secondary N) is 2. The number of hydrogen-bond donors (Lipinski definition) is 2. The summed E-state index contributed by atoms with van der Waals surface area (Å²) in [5.41, 5.74) is 1.08. The molecule has 24 heavy (non-hydrogen) atoms. The van der Waals surface area contributed by atoms with Gasteiger partial charge in [0.05, 0.1) is 22.9 Å². The van der Waals surface area contributed by atoms with E-state index in [1.807, 2.05) is 24.3 Å². The number of halogens is 1. The zero-order chi connectivity index (χ0) is 17.4. The molecule has 0 saturated carbocycles. The predicted octanol–water partition coefficient (Wildman–Crippen LogP) is 4.65. The summed E-state index contributed by atoms with van der Waals surface area (Å²) in [6, 6.07) is 14.3. The highest BCUT2D eigenvalue weighted by Crippen LogP contribution is 2.24. The van der Waals surface area contributed by atoms with Crippen LogP contribution < -0.4 is 15.4 Å². The molecule has 126 valence electrons. The zero-order valence-electron chi connectivity index (χ0n) is 13.3. The van der Waals surface area contributed by atoms with Gasteiger partial charge in [0, 0.05) is 0 Å². The summed E-state index contributed by atoms with van der Waals surface area (Å²) in [5.74, 6) is 0.336. The molecular weight excluding hydrogens is 344 g/mol. The number of unbranched alkanes of at least 4 members (excludes halogenated alkanes) is 1. The third-order valence-corrected chi connectivity index (χ3v) is 3.77. The summed E-state index contributed by atoms with van der Waals surface area (Å²) >= 11 is 11.2. The van der Waals surface area contributed by atoms with Gasteiger partial charge in [0.2, 0.25) is 0 Å². The highest BCUT2D eigenvalue weighted by Gasteiger charge is 2.12. The normalized spacial score (nSPS) is 10.1. The molecule has 0 heterocycles. The minimum atomic E-state index is -0.359. The second kappa shape index (κ2) is 9.25. The first kappa shape index (κ1) is 18.2. The van der Waals surface area contributed by atoms with Crippen molar-refractivity contribution >= 4 is 40.5 Å². The van der Waals surface area contributed by atoms with Crippen LogP contribution in [0.3, 0.4) is 0 Å². The van der Waals surface area contributed by atoms with E-state index in [1.165, 1.54) is 0 Å². The van der Waals surface area contributed by atoms with Crippen molar-refractivity contribution in [2.24, 2.45) is 0 Å². The molecule has 0 atom stereocenters. The van der Waals surface area contributed by atoms with E-state index in [-0.39, 0.29) is 11.0 Å². The van der Waals surface area contributed by atoms with E-state index in [9.17, 15) is 4.79 Å². The monoisotopic (exact) mass is 362 g/mol. The van der Waals surface area contributed by atoms with E-state index in [2.05, 4.69) is 17.6 Å². The van der Waals surface area contributed by atoms with Crippen molar-refractivity contribution in [3.8, 4) is 5.75 Å². The Labute approximate surface area is 152 Å². The number of ether oxygens (including phenoxy) is 1. The minimum Gasteiger partial charge on any atom is -0.491 e. The van der Waals surface area contributed by atoms with Gasteiger partial charge >= 0.3 is 0 Å². The Balaban J connectivity index is 2.00. The van der Waals surface area contributed by atoms with Crippen molar-refractivity contribution in [2.45, 2.75) is 19.8 Å². The lowest BCUT2D eigenvalue weighted by molar-refractivity contribution is 0.0978. The van der Waals surface area contributed by atoms with Crippen LogP contribution in [0.1, 0.15) is 30.1 Å². The number of para-hydroxylation sites is 2. The second-order valence-electron chi connectivity index (χ2n) is 5.09. The van der Waals surface area contributed by atoms with Crippen LogP contribution in [0.5, 0.6) is 5.75 Å². The van der Waals surface area contributed by atoms with Crippen LogP contribution in [0.4, 0.5) is 5.69 Å². The van der Waals surface area contributed by atoms with Gasteiger partial charge in [-0.3, -0.25) is 10.1 Å². The highest BCUT2D eigenvalue weighted by molar-refractivity contribution is 7.80. The van der Waals surface area contributed by atoms with Gasteiger partial charge in [-0.1, -0.05) is 49.2 Å². The van der Waals surface area contributed by atoms with E-state index in [4.69, 9.17) is 28.6 Å². The predicted molar refractivity (Wildman–Crippen MR) is 102 cm³/mol. The summed E-state index contributed by atoms with van der Waals surface area (Å²) in [5, 5.41) is 6.17. The molecule has 2 aromatic carbocycles. The number of thiocarbonyl (C=S) groups is 1. The molecule has 0 unspecified atom stereocenters. The molecular formula is C18H19ClN2O2S. The number of benzene rings is 2. The van der Waals surface area contributed by atoms with Crippen LogP contribution in [0.2, 0.25) is 5.02 Å². The molecule has 0 aliphatic carbocycles. The van der Waals surface area contributed by atoms with Crippen LogP contribution in [0, 0.1) is 0 Å². The number of hydrogen-bond acceptors (Lipinski definition) is 3. The Kier molecular flexibility index (Phi) is 7.03. The van der Waals surface area contributed by atoms with Crippen molar-refractivity contribution in [3.05, 3.63) is 59.1 Å². The van der Waals surface area contributed by atoms with Gasteiger partial charge < -0.3 is 10.1 Å². The fraction of sp³-hybridized carbons (Fsp3) is 0.222. The van der Waals surface area contributed by atoms with Crippen LogP contribution in [0.25, 0.3) is 0 Å². The van der Waals surface area contributed by atoms with E-state index >= 15 is 0 Å². The minimum absolute atomic E-state index is 0.187. The molecule has 0 aromatic heterocycles. The summed E-state index contributed by atoms with van der Waals surface area (Å²) in [6.07, 6.45) is 2.03. The Morgan fingerprint density at radius 1 is 1.17 bits per heavy atom. The molecule has 0 bridgehead atoms. The lowest BCUT2D eigenvalue weighted by Gasteiger charge is -2.14. The van der Waals surface area contributed by atoms with Gasteiger partial charge in [0.15, 0.2) is 5.11 Å². The average Bonchev–Trinajstić information content (AvgIpc) is 2.57. The van der Waals surface area contributed by atoms with Gasteiger partial charge in [0.1, 0.15) is 5.75 Å². The van der Waals surface area contributed by atoms with E-state index in [0.29, 0.717) is 28.6 Å². The van der Waals surface area contributed by atoms with Crippen molar-refractivity contribution < 1.29 is 9.53 Å². The van der Waals surface area contributed by atoms with Crippen molar-refractivity contribution in [3.63, 3.8) is 0 Å². The fourth-order valence-electron chi connectivity index (χ4n) is 1.99. The molecule has 0 aliphatic heterocycles. The van der Waals surface area contributed by atoms with Crippen LogP contribution in [-0.2, 0) is 0 Å². The third kappa shape index (κ3) is 5.22. The number of carbonyl (C=O) groups is 1. The summed E-state index contributed by atoms with van der Waals surface area (Å²) in [6.45, 7) is 2.74. The van der Waals surface area contributed by atoms with E-state index in [1.54, 1.807) is 24.3 Å². The second-order valence-corrected chi connectivity index (χ2v) is 5.90. The maximum Gasteiger partial charge on any atom is 0.258 e. The first-order valence-electron chi connectivity index (χ1n) is 7.70. The average molecular weight is 363 g/mol. The van der Waals surface area contributed by atoms with Crippen LogP contribution in [-0.4, -0.2) is 17.6 Å². The molecule has 2 N–H and O–H groups in total. The van der Waals surface area contributed by atoms with Gasteiger partial charge in [-0.2, -0.15) is 0 Å². The largest absolute Gasteiger partial charge is 0.491 e. The Morgan fingerprint density at radius 3 is 2.62 bits per heavy atom. The summed E-state index contributed by atoms with van der Waals surface area (Å²) in [4.78, 5) is 12.2. The molecule has 0 spiro atoms. The number of rotatable bonds is 6. The molecule has 0 saturated heterocycles. The zero-order valence-corrected chi connectivity index (χ0v) is 14.9. The molecule has 1 amide bonds. The van der Waals surface area contributed by atoms with Crippen LogP contribution >= 0.6 is 23.8 Å². The number of amides is 1. The third-order valence-electron chi connectivity index (χ3n) is 3.24. The van der Waals surface area contributed by atoms with Crippen molar-refractivity contribution in [2.75, 3.05) is 11.9 Å². The summed E-state index contributed by atoms with van der Waals surface area (Å²) in [7, 11) is 0. The Morgan fingerprint density at radius 2 is 1.88 bits per heavy atom. The lowest BCUT2D eigenvalue weighted by Crippen LogP contribution is -2.34. The molecule has 6 heteroatoms. The molecule has 2 aromatic rings. The highest BCUT2D eigenvalue weighted by atomic mass is 35.5. The maximum absolute atomic E-state index is 12.2. The molecule has 2 rings (SSSR count). The first-order valence-corrected chi connectivity index (χ1v) is 8.49. The summed E-state index contributed by atoms with van der Waals surface area (Å²) < 4.78 is 5.73. The maximum atomic E-state index is 12.2. The SMILES string of the molecule is CCCCOc1ccccc1NC(=S)NC(=O)c1ccccc1Cl.